The lowest BCUT2D eigenvalue weighted by Gasteiger charge is -2.55. The van der Waals surface area contributed by atoms with Crippen LogP contribution < -0.4 is 16.8 Å². The van der Waals surface area contributed by atoms with E-state index in [0.717, 1.165) is 57.1 Å². The molecular formula is C38H55N5O3. The highest BCUT2D eigenvalue weighted by Gasteiger charge is 2.51. The van der Waals surface area contributed by atoms with Crippen LogP contribution in [0.1, 0.15) is 106 Å². The maximum atomic E-state index is 13.8. The first-order valence-corrected chi connectivity index (χ1v) is 17.4. The van der Waals surface area contributed by atoms with Crippen molar-refractivity contribution in [2.24, 2.45) is 22.8 Å². The quantitative estimate of drug-likeness (QED) is 0.317. The minimum Gasteiger partial charge on any atom is -0.368 e. The maximum Gasteiger partial charge on any atom is 0.243 e. The number of hydrogen-bond donors (Lipinski definition) is 3. The minimum absolute atomic E-state index is 0.0584. The Morgan fingerprint density at radius 2 is 1.74 bits per heavy atom. The zero-order chi connectivity index (χ0) is 33.1. The van der Waals surface area contributed by atoms with E-state index < -0.39 is 5.91 Å². The van der Waals surface area contributed by atoms with Crippen molar-refractivity contribution in [2.45, 2.75) is 96.4 Å². The predicted octanol–water partition coefficient (Wildman–Crippen LogP) is 4.59. The van der Waals surface area contributed by atoms with Gasteiger partial charge in [-0.1, -0.05) is 76.6 Å². The molecule has 1 fully saturated rings. The summed E-state index contributed by atoms with van der Waals surface area (Å²) in [5, 5.41) is 3.51. The zero-order valence-corrected chi connectivity index (χ0v) is 28.4. The summed E-state index contributed by atoms with van der Waals surface area (Å²) >= 11 is 0. The molecule has 0 heterocycles. The second-order valence-corrected chi connectivity index (χ2v) is 14.9. The Bertz CT molecular complexity index is 1420. The molecule has 8 nitrogen and oxygen atoms in total. The lowest BCUT2D eigenvalue weighted by molar-refractivity contribution is -0.143. The van der Waals surface area contributed by atoms with Crippen LogP contribution in [-0.4, -0.2) is 66.8 Å². The van der Waals surface area contributed by atoms with E-state index in [1.807, 2.05) is 18.2 Å². The molecule has 2 aromatic carbocycles. The summed E-state index contributed by atoms with van der Waals surface area (Å²) in [5.41, 5.74) is 18.4. The summed E-state index contributed by atoms with van der Waals surface area (Å²) in [7, 11) is 0. The highest BCUT2D eigenvalue weighted by molar-refractivity contribution is 5.88. The Morgan fingerprint density at radius 3 is 2.48 bits per heavy atom. The van der Waals surface area contributed by atoms with Gasteiger partial charge in [-0.3, -0.25) is 14.4 Å². The lowest BCUT2D eigenvalue weighted by atomic mass is 9.49. The first kappa shape index (κ1) is 34.1. The number of nitrogens with one attached hydrogen (secondary N) is 1. The SMILES string of the molecule is CC(C)c1ccc2c(c1)CC[C@H]1[C@](C)(CNCC(=O)N(CCN)CC(=O)N(CC(N)=O)C3CCCc4ccccc43)CCC[C@]21C. The molecule has 0 aliphatic heterocycles. The number of nitrogens with zero attached hydrogens (tertiary/aromatic N) is 2. The van der Waals surface area contributed by atoms with E-state index in [4.69, 9.17) is 11.5 Å². The number of carbonyl (C=O) groups excluding carboxylic acids is 3. The summed E-state index contributed by atoms with van der Waals surface area (Å²) in [4.78, 5) is 42.5. The maximum absolute atomic E-state index is 13.8. The van der Waals surface area contributed by atoms with Crippen molar-refractivity contribution < 1.29 is 14.4 Å². The molecule has 5 N–H and O–H groups in total. The normalized spacial score (nSPS) is 25.3. The van der Waals surface area contributed by atoms with Gasteiger partial charge >= 0.3 is 0 Å². The predicted molar refractivity (Wildman–Crippen MR) is 183 cm³/mol. The third-order valence-corrected chi connectivity index (χ3v) is 11.4. The van der Waals surface area contributed by atoms with Crippen LogP contribution in [-0.2, 0) is 32.6 Å². The number of carbonyl (C=O) groups is 3. The van der Waals surface area contributed by atoms with Crippen LogP contribution in [0.3, 0.4) is 0 Å². The van der Waals surface area contributed by atoms with Crippen molar-refractivity contribution in [1.29, 1.82) is 0 Å². The van der Waals surface area contributed by atoms with Gasteiger partial charge in [-0.05, 0) is 95.4 Å². The molecule has 2 aromatic rings. The second-order valence-electron chi connectivity index (χ2n) is 14.9. The zero-order valence-electron chi connectivity index (χ0n) is 28.4. The third-order valence-electron chi connectivity index (χ3n) is 11.4. The van der Waals surface area contributed by atoms with Gasteiger partial charge in [-0.25, -0.2) is 0 Å². The number of hydrogen-bond acceptors (Lipinski definition) is 5. The van der Waals surface area contributed by atoms with E-state index in [1.165, 1.54) is 33.6 Å². The molecule has 0 saturated heterocycles. The highest BCUT2D eigenvalue weighted by atomic mass is 16.2. The van der Waals surface area contributed by atoms with E-state index in [9.17, 15) is 14.4 Å². The Balaban J connectivity index is 1.24. The molecule has 5 rings (SSSR count). The van der Waals surface area contributed by atoms with Crippen LogP contribution >= 0.6 is 0 Å². The molecule has 250 valence electrons. The number of rotatable bonds is 12. The molecule has 4 atom stereocenters. The van der Waals surface area contributed by atoms with Gasteiger partial charge in [0.15, 0.2) is 0 Å². The second kappa shape index (κ2) is 14.3. The van der Waals surface area contributed by atoms with Gasteiger partial charge in [0.05, 0.1) is 25.7 Å². The van der Waals surface area contributed by atoms with Gasteiger partial charge in [0, 0.05) is 19.6 Å². The van der Waals surface area contributed by atoms with Gasteiger partial charge in [0.1, 0.15) is 0 Å². The van der Waals surface area contributed by atoms with Crippen LogP contribution in [0.4, 0.5) is 0 Å². The molecule has 3 aliphatic rings. The molecule has 0 aromatic heterocycles. The fourth-order valence-electron chi connectivity index (χ4n) is 9.08. The van der Waals surface area contributed by atoms with Gasteiger partial charge in [0.2, 0.25) is 17.7 Å². The number of nitrogens with two attached hydrogens (primary N) is 2. The van der Waals surface area contributed by atoms with E-state index in [0.29, 0.717) is 11.8 Å². The summed E-state index contributed by atoms with van der Waals surface area (Å²) in [6.07, 6.45) is 8.36. The molecule has 3 aliphatic carbocycles. The molecular weight excluding hydrogens is 574 g/mol. The van der Waals surface area contributed by atoms with Crippen molar-refractivity contribution in [2.75, 3.05) is 39.3 Å². The standard InChI is InChI=1S/C38H55N5O3/c1-26(2)28-13-15-31-29(21-28)14-16-33-37(3,17-8-18-38(31,33)4)25-41-22-35(45)42(20-19-39)24-36(46)43(23-34(40)44)32-12-7-10-27-9-5-6-11-30(27)32/h5-6,9,11,13,15,21,26,32-33,41H,7-8,10,12,14,16-20,22-25,39H2,1-4H3,(H2,40,44)/t32?,33-,37-,38+/m0/s1. The summed E-state index contributed by atoms with van der Waals surface area (Å²) in [6, 6.07) is 15.0. The molecule has 0 radical (unpaired) electrons. The van der Waals surface area contributed by atoms with Crippen molar-refractivity contribution in [3.63, 3.8) is 0 Å². The molecule has 0 spiro atoms. The van der Waals surface area contributed by atoms with Crippen LogP contribution in [0.2, 0.25) is 0 Å². The number of benzene rings is 2. The highest BCUT2D eigenvalue weighted by Crippen LogP contribution is 2.57. The summed E-state index contributed by atoms with van der Waals surface area (Å²) < 4.78 is 0. The number of primary amides is 1. The van der Waals surface area contributed by atoms with Gasteiger partial charge in [0.25, 0.3) is 0 Å². The Kier molecular flexibility index (Phi) is 10.6. The van der Waals surface area contributed by atoms with Gasteiger partial charge < -0.3 is 26.6 Å². The van der Waals surface area contributed by atoms with Crippen LogP contribution in [0, 0.1) is 11.3 Å². The average Bonchev–Trinajstić information content (AvgIpc) is 3.02. The lowest BCUT2D eigenvalue weighted by Crippen LogP contribution is -2.54. The molecule has 0 bridgehead atoms. The molecule has 1 unspecified atom stereocenters. The average molecular weight is 630 g/mol. The number of aryl methyl sites for hydroxylation is 2. The Labute approximate surface area is 275 Å². The smallest absolute Gasteiger partial charge is 0.243 e. The molecule has 46 heavy (non-hydrogen) atoms. The van der Waals surface area contributed by atoms with Crippen LogP contribution in [0.5, 0.6) is 0 Å². The minimum atomic E-state index is -0.562. The van der Waals surface area contributed by atoms with E-state index in [1.54, 1.807) is 4.90 Å². The Morgan fingerprint density at radius 1 is 0.957 bits per heavy atom. The van der Waals surface area contributed by atoms with E-state index in [2.05, 4.69) is 57.3 Å². The molecule has 3 amide bonds. The first-order chi connectivity index (χ1) is 22.0. The van der Waals surface area contributed by atoms with E-state index in [-0.39, 0.29) is 61.4 Å². The fraction of sp³-hybridized carbons (Fsp3) is 0.605. The van der Waals surface area contributed by atoms with Crippen LogP contribution in [0.15, 0.2) is 42.5 Å². The summed E-state index contributed by atoms with van der Waals surface area (Å²) in [6.45, 7) is 10.5. The van der Waals surface area contributed by atoms with Crippen LogP contribution in [0.25, 0.3) is 0 Å². The summed E-state index contributed by atoms with van der Waals surface area (Å²) in [5.74, 6) is 0.0565. The van der Waals surface area contributed by atoms with Gasteiger partial charge in [-0.15, -0.1) is 0 Å². The van der Waals surface area contributed by atoms with Crippen molar-refractivity contribution in [3.05, 3.63) is 70.3 Å². The van der Waals surface area contributed by atoms with Crippen molar-refractivity contribution >= 4 is 17.7 Å². The largest absolute Gasteiger partial charge is 0.368 e. The molecule has 1 saturated carbocycles. The van der Waals surface area contributed by atoms with E-state index >= 15 is 0 Å². The Hall–Kier alpha value is -3.23. The topological polar surface area (TPSA) is 122 Å². The number of amides is 3. The van der Waals surface area contributed by atoms with Crippen molar-refractivity contribution in [3.8, 4) is 0 Å². The monoisotopic (exact) mass is 629 g/mol. The molecule has 8 heteroatoms. The van der Waals surface area contributed by atoms with Gasteiger partial charge in [-0.2, -0.15) is 0 Å². The fourth-order valence-corrected chi connectivity index (χ4v) is 9.08. The third kappa shape index (κ3) is 7.03. The first-order valence-electron chi connectivity index (χ1n) is 17.4. The van der Waals surface area contributed by atoms with Crippen molar-refractivity contribution in [1.82, 2.24) is 15.1 Å². The number of fused-ring (bicyclic) bond motifs is 4.